The van der Waals surface area contributed by atoms with Gasteiger partial charge < -0.3 is 9.64 Å². The first-order valence-corrected chi connectivity index (χ1v) is 6.58. The average Bonchev–Trinajstić information content (AvgIpc) is 2.82. The second-order valence-corrected chi connectivity index (χ2v) is 4.94. The third kappa shape index (κ3) is 2.19. The van der Waals surface area contributed by atoms with Crippen molar-refractivity contribution in [2.45, 2.75) is 6.92 Å². The fourth-order valence-electron chi connectivity index (χ4n) is 2.29. The zero-order valence-corrected chi connectivity index (χ0v) is 11.5. The summed E-state index contributed by atoms with van der Waals surface area (Å²) in [4.78, 5) is 6.55. The Hall–Kier alpha value is -1.59. The van der Waals surface area contributed by atoms with Gasteiger partial charge in [0, 0.05) is 13.1 Å². The van der Waals surface area contributed by atoms with E-state index >= 15 is 0 Å². The fraction of sp³-hybridized carbons (Fsp3) is 0.385. The highest BCUT2D eigenvalue weighted by molar-refractivity contribution is 6.28. The number of fused-ring (bicyclic) bond motifs is 1. The highest BCUT2D eigenvalue weighted by Crippen LogP contribution is 2.25. The molecule has 2 aromatic rings. The second-order valence-electron chi connectivity index (χ2n) is 4.60. The molecule has 0 radical (unpaired) electrons. The van der Waals surface area contributed by atoms with Crippen LogP contribution >= 0.6 is 11.6 Å². The van der Waals surface area contributed by atoms with E-state index < -0.39 is 0 Å². The van der Waals surface area contributed by atoms with Crippen molar-refractivity contribution in [3.05, 3.63) is 29.7 Å². The molecule has 0 aliphatic carbocycles. The molecule has 0 amide bonds. The van der Waals surface area contributed by atoms with Gasteiger partial charge in [-0.05, 0) is 36.2 Å². The van der Waals surface area contributed by atoms with Crippen molar-refractivity contribution in [2.75, 3.05) is 31.2 Å². The lowest BCUT2D eigenvalue weighted by molar-refractivity contribution is 0.122. The van der Waals surface area contributed by atoms with Crippen molar-refractivity contribution < 1.29 is 4.74 Å². The normalized spacial score (nSPS) is 16.0. The van der Waals surface area contributed by atoms with Crippen LogP contribution in [0.15, 0.2) is 18.7 Å². The Morgan fingerprint density at radius 1 is 1.37 bits per heavy atom. The summed E-state index contributed by atoms with van der Waals surface area (Å²) in [5.74, 6) is 0.857. The second kappa shape index (κ2) is 4.83. The highest BCUT2D eigenvalue weighted by atomic mass is 35.5. The largest absolute Gasteiger partial charge is 0.378 e. The zero-order chi connectivity index (χ0) is 13.4. The molecule has 3 heterocycles. The van der Waals surface area contributed by atoms with Crippen LogP contribution in [-0.4, -0.2) is 40.9 Å². The smallest absolute Gasteiger partial charge is 0.243 e. The van der Waals surface area contributed by atoms with Crippen molar-refractivity contribution in [2.24, 2.45) is 0 Å². The summed E-state index contributed by atoms with van der Waals surface area (Å²) >= 11 is 6.05. The lowest BCUT2D eigenvalue weighted by Crippen LogP contribution is -2.37. The van der Waals surface area contributed by atoms with Crippen LogP contribution in [0.3, 0.4) is 0 Å². The minimum absolute atomic E-state index is 0.243. The number of ether oxygens (including phenoxy) is 1. The number of morpholine rings is 1. The SMILES string of the molecule is C=C(C)c1ccc2c(N3CCOCC3)nc(Cl)nn12. The van der Waals surface area contributed by atoms with Gasteiger partial charge in [-0.1, -0.05) is 6.58 Å². The van der Waals surface area contributed by atoms with Crippen molar-refractivity contribution in [3.8, 4) is 0 Å². The maximum atomic E-state index is 6.05. The average molecular weight is 279 g/mol. The molecular weight excluding hydrogens is 264 g/mol. The summed E-state index contributed by atoms with van der Waals surface area (Å²) in [5.41, 5.74) is 2.85. The Morgan fingerprint density at radius 2 is 2.11 bits per heavy atom. The van der Waals surface area contributed by atoms with E-state index in [9.17, 15) is 0 Å². The third-order valence-electron chi connectivity index (χ3n) is 3.21. The number of anilines is 1. The standard InChI is InChI=1S/C13H15ClN4O/c1-9(2)10-3-4-11-12(15-13(14)16-18(10)11)17-5-7-19-8-6-17/h3-4H,1,5-8H2,2H3. The molecule has 3 rings (SSSR count). The molecule has 1 fully saturated rings. The summed E-state index contributed by atoms with van der Waals surface area (Å²) in [5, 5.41) is 4.51. The first-order valence-electron chi connectivity index (χ1n) is 6.20. The molecule has 0 atom stereocenters. The van der Waals surface area contributed by atoms with Gasteiger partial charge in [-0.2, -0.15) is 4.98 Å². The topological polar surface area (TPSA) is 42.7 Å². The molecule has 19 heavy (non-hydrogen) atoms. The molecule has 0 bridgehead atoms. The number of hydrogen-bond donors (Lipinski definition) is 0. The van der Waals surface area contributed by atoms with Gasteiger partial charge in [-0.15, -0.1) is 5.10 Å². The molecular formula is C13H15ClN4O. The van der Waals surface area contributed by atoms with Crippen LogP contribution in [0.2, 0.25) is 5.28 Å². The first-order chi connectivity index (χ1) is 9.16. The van der Waals surface area contributed by atoms with Crippen molar-refractivity contribution in [1.29, 1.82) is 0 Å². The lowest BCUT2D eigenvalue weighted by atomic mass is 10.2. The summed E-state index contributed by atoms with van der Waals surface area (Å²) in [7, 11) is 0. The Bertz CT molecular complexity index is 631. The molecule has 0 unspecified atom stereocenters. The predicted molar refractivity (Wildman–Crippen MR) is 75.7 cm³/mol. The Morgan fingerprint density at radius 3 is 2.79 bits per heavy atom. The minimum atomic E-state index is 0.243. The summed E-state index contributed by atoms with van der Waals surface area (Å²) < 4.78 is 7.18. The fourth-order valence-corrected chi connectivity index (χ4v) is 2.44. The van der Waals surface area contributed by atoms with Crippen LogP contribution in [-0.2, 0) is 4.74 Å². The number of halogens is 1. The molecule has 100 valence electrons. The first kappa shape index (κ1) is 12.4. The van der Waals surface area contributed by atoms with Gasteiger partial charge in [0.25, 0.3) is 0 Å². The van der Waals surface area contributed by atoms with Crippen LogP contribution in [0.1, 0.15) is 12.6 Å². The van der Waals surface area contributed by atoms with Crippen LogP contribution in [0.25, 0.3) is 11.1 Å². The third-order valence-corrected chi connectivity index (χ3v) is 3.37. The van der Waals surface area contributed by atoms with Gasteiger partial charge in [-0.3, -0.25) is 0 Å². The number of nitrogens with zero attached hydrogens (tertiary/aromatic N) is 4. The summed E-state index contributed by atoms with van der Waals surface area (Å²) in [6, 6.07) is 4.00. The summed E-state index contributed by atoms with van der Waals surface area (Å²) in [6.45, 7) is 8.96. The van der Waals surface area contributed by atoms with E-state index in [4.69, 9.17) is 16.3 Å². The highest BCUT2D eigenvalue weighted by Gasteiger charge is 2.18. The van der Waals surface area contributed by atoms with E-state index in [0.29, 0.717) is 13.2 Å². The van der Waals surface area contributed by atoms with Crippen molar-refractivity contribution >= 4 is 28.5 Å². The molecule has 0 spiro atoms. The van der Waals surface area contributed by atoms with Crippen LogP contribution in [0.5, 0.6) is 0 Å². The lowest BCUT2D eigenvalue weighted by Gasteiger charge is -2.28. The molecule has 6 heteroatoms. The van der Waals surface area contributed by atoms with E-state index in [1.807, 2.05) is 23.6 Å². The molecule has 0 aromatic carbocycles. The molecule has 5 nitrogen and oxygen atoms in total. The van der Waals surface area contributed by atoms with Crippen LogP contribution < -0.4 is 4.90 Å². The molecule has 2 aromatic heterocycles. The monoisotopic (exact) mass is 278 g/mol. The van der Waals surface area contributed by atoms with Crippen LogP contribution in [0, 0.1) is 0 Å². The van der Waals surface area contributed by atoms with Gasteiger partial charge in [0.1, 0.15) is 5.52 Å². The molecule has 0 N–H and O–H groups in total. The van der Waals surface area contributed by atoms with Crippen molar-refractivity contribution in [3.63, 3.8) is 0 Å². The quantitative estimate of drug-likeness (QED) is 0.845. The Kier molecular flexibility index (Phi) is 3.16. The Labute approximate surface area is 116 Å². The maximum Gasteiger partial charge on any atom is 0.243 e. The Balaban J connectivity index is 2.15. The van der Waals surface area contributed by atoms with Gasteiger partial charge in [-0.25, -0.2) is 4.52 Å². The van der Waals surface area contributed by atoms with E-state index in [1.165, 1.54) is 0 Å². The van der Waals surface area contributed by atoms with Gasteiger partial charge >= 0.3 is 0 Å². The van der Waals surface area contributed by atoms with E-state index in [0.717, 1.165) is 35.7 Å². The van der Waals surface area contributed by atoms with Crippen LogP contribution in [0.4, 0.5) is 5.82 Å². The molecule has 1 saturated heterocycles. The molecule has 1 aliphatic rings. The number of allylic oxidation sites excluding steroid dienone is 1. The van der Waals surface area contributed by atoms with Gasteiger partial charge in [0.15, 0.2) is 5.82 Å². The molecule has 0 saturated carbocycles. The van der Waals surface area contributed by atoms with Crippen molar-refractivity contribution in [1.82, 2.24) is 14.6 Å². The maximum absolute atomic E-state index is 6.05. The number of rotatable bonds is 2. The van der Waals surface area contributed by atoms with Gasteiger partial charge in [0.2, 0.25) is 5.28 Å². The number of aromatic nitrogens is 3. The summed E-state index contributed by atoms with van der Waals surface area (Å²) in [6.07, 6.45) is 0. The van der Waals surface area contributed by atoms with E-state index in [-0.39, 0.29) is 5.28 Å². The molecule has 1 aliphatic heterocycles. The van der Waals surface area contributed by atoms with E-state index in [2.05, 4.69) is 21.6 Å². The minimum Gasteiger partial charge on any atom is -0.378 e. The number of hydrogen-bond acceptors (Lipinski definition) is 4. The van der Waals surface area contributed by atoms with Gasteiger partial charge in [0.05, 0.1) is 18.9 Å². The van der Waals surface area contributed by atoms with E-state index in [1.54, 1.807) is 0 Å². The zero-order valence-electron chi connectivity index (χ0n) is 10.8. The predicted octanol–water partition coefficient (Wildman–Crippen LogP) is 2.25.